The molecule has 0 unspecified atom stereocenters. The fourth-order valence-corrected chi connectivity index (χ4v) is 3.52. The Morgan fingerprint density at radius 1 is 1.20 bits per heavy atom. The van der Waals surface area contributed by atoms with Crippen molar-refractivity contribution in [3.63, 3.8) is 0 Å². The summed E-state index contributed by atoms with van der Waals surface area (Å²) in [5.74, 6) is 1.89. The molecule has 3 rings (SSSR count). The first-order chi connectivity index (χ1) is 11.3. The van der Waals surface area contributed by atoms with E-state index in [9.17, 15) is 4.79 Å². The van der Waals surface area contributed by atoms with Crippen LogP contribution in [0.5, 0.6) is 0 Å². The Bertz CT molecular complexity index is 491. The van der Waals surface area contributed by atoms with Gasteiger partial charge in [0.05, 0.1) is 0 Å². The van der Waals surface area contributed by atoms with Crippen molar-refractivity contribution in [1.29, 1.82) is 0 Å². The Balaban J connectivity index is 0.00000156. The molecule has 2 N–H and O–H groups in total. The third kappa shape index (κ3) is 6.96. The molecule has 0 spiro atoms. The Morgan fingerprint density at radius 3 is 2.56 bits per heavy atom. The highest BCUT2D eigenvalue weighted by Gasteiger charge is 2.23. The highest BCUT2D eigenvalue weighted by atomic mass is 35.5. The quantitative estimate of drug-likeness (QED) is 0.809. The first-order valence-corrected chi connectivity index (χ1v) is 8.84. The maximum Gasteiger partial charge on any atom is 0.222 e. The molecule has 0 aliphatic carbocycles. The first-order valence-electron chi connectivity index (χ1n) is 8.84. The molecule has 25 heavy (non-hydrogen) atoms. The minimum Gasteiger partial charge on any atom is -0.366 e. The molecule has 1 aromatic heterocycles. The van der Waals surface area contributed by atoms with Gasteiger partial charge in [-0.25, -0.2) is 0 Å². The number of amides is 1. The van der Waals surface area contributed by atoms with Crippen LogP contribution in [-0.2, 0) is 4.79 Å². The smallest absolute Gasteiger partial charge is 0.222 e. The molecular weight excluding hydrogens is 361 g/mol. The third-order valence-electron chi connectivity index (χ3n) is 5.00. The zero-order chi connectivity index (χ0) is 15.9. The number of anilines is 1. The number of nitrogens with one attached hydrogen (secondary N) is 2. The van der Waals surface area contributed by atoms with E-state index in [0.29, 0.717) is 18.4 Å². The van der Waals surface area contributed by atoms with Crippen molar-refractivity contribution in [3.8, 4) is 0 Å². The minimum atomic E-state index is 0. The van der Waals surface area contributed by atoms with Gasteiger partial charge in [-0.3, -0.25) is 4.79 Å². The molecule has 2 aliphatic heterocycles. The van der Waals surface area contributed by atoms with Crippen molar-refractivity contribution >= 4 is 36.5 Å². The van der Waals surface area contributed by atoms with Crippen molar-refractivity contribution < 1.29 is 4.79 Å². The van der Waals surface area contributed by atoms with Crippen LogP contribution >= 0.6 is 24.8 Å². The summed E-state index contributed by atoms with van der Waals surface area (Å²) in [5.41, 5.74) is 0. The summed E-state index contributed by atoms with van der Waals surface area (Å²) in [4.78, 5) is 14.4. The van der Waals surface area contributed by atoms with E-state index in [4.69, 9.17) is 0 Å². The average Bonchev–Trinajstić information content (AvgIpc) is 2.62. The number of aromatic nitrogens is 2. The monoisotopic (exact) mass is 389 g/mol. The van der Waals surface area contributed by atoms with Crippen LogP contribution in [0.4, 0.5) is 5.82 Å². The van der Waals surface area contributed by atoms with Gasteiger partial charge in [-0.05, 0) is 63.2 Å². The molecule has 0 saturated carbocycles. The Morgan fingerprint density at radius 2 is 1.92 bits per heavy atom. The minimum absolute atomic E-state index is 0. The van der Waals surface area contributed by atoms with Gasteiger partial charge in [-0.1, -0.05) is 0 Å². The summed E-state index contributed by atoms with van der Waals surface area (Å²) in [6, 6.07) is 4.21. The molecule has 2 saturated heterocycles. The van der Waals surface area contributed by atoms with Gasteiger partial charge in [-0.15, -0.1) is 29.9 Å². The predicted octanol–water partition coefficient (Wildman–Crippen LogP) is 2.50. The number of halogens is 2. The molecular formula is C17H29Cl2N5O. The number of likely N-dealkylation sites (tertiary alicyclic amines) is 1. The largest absolute Gasteiger partial charge is 0.366 e. The highest BCUT2D eigenvalue weighted by molar-refractivity contribution is 5.85. The van der Waals surface area contributed by atoms with Crippen LogP contribution in [0.2, 0.25) is 0 Å². The second kappa shape index (κ2) is 11.5. The van der Waals surface area contributed by atoms with Crippen LogP contribution in [-0.4, -0.2) is 53.2 Å². The lowest BCUT2D eigenvalue weighted by atomic mass is 9.93. The standard InChI is InChI=1S/C17H27N5O.2ClH/c23-17(4-3-14-5-10-18-11-6-14)22-12-7-15(8-13-22)20-16-2-1-9-19-21-16;;/h1-2,9,14-15,18H,3-8,10-13H2,(H,20,21);2*1H. The van der Waals surface area contributed by atoms with Gasteiger partial charge >= 0.3 is 0 Å². The number of hydrogen-bond donors (Lipinski definition) is 2. The van der Waals surface area contributed by atoms with Gasteiger partial charge in [0, 0.05) is 31.7 Å². The third-order valence-corrected chi connectivity index (χ3v) is 5.00. The van der Waals surface area contributed by atoms with Crippen molar-refractivity contribution in [1.82, 2.24) is 20.4 Å². The summed E-state index contributed by atoms with van der Waals surface area (Å²) < 4.78 is 0. The van der Waals surface area contributed by atoms with Crippen molar-refractivity contribution in [2.45, 2.75) is 44.6 Å². The van der Waals surface area contributed by atoms with E-state index in [1.165, 1.54) is 12.8 Å². The number of carbonyl (C=O) groups is 1. The summed E-state index contributed by atoms with van der Waals surface area (Å²) >= 11 is 0. The number of hydrogen-bond acceptors (Lipinski definition) is 5. The molecule has 0 atom stereocenters. The molecule has 1 amide bonds. The van der Waals surface area contributed by atoms with E-state index < -0.39 is 0 Å². The van der Waals surface area contributed by atoms with Crippen LogP contribution in [0.25, 0.3) is 0 Å². The molecule has 0 bridgehead atoms. The molecule has 1 aromatic rings. The second-order valence-corrected chi connectivity index (χ2v) is 6.64. The van der Waals surface area contributed by atoms with Gasteiger partial charge in [0.2, 0.25) is 5.91 Å². The lowest BCUT2D eigenvalue weighted by Gasteiger charge is -2.33. The number of carbonyl (C=O) groups excluding carboxylic acids is 1. The second-order valence-electron chi connectivity index (χ2n) is 6.64. The fourth-order valence-electron chi connectivity index (χ4n) is 3.52. The number of nitrogens with zero attached hydrogens (tertiary/aromatic N) is 3. The van der Waals surface area contributed by atoms with Crippen molar-refractivity contribution in [2.75, 3.05) is 31.5 Å². The molecule has 0 radical (unpaired) electrons. The van der Waals surface area contributed by atoms with Crippen molar-refractivity contribution in [2.24, 2.45) is 5.92 Å². The summed E-state index contributed by atoms with van der Waals surface area (Å²) in [6.45, 7) is 3.92. The Hall–Kier alpha value is -1.11. The Labute approximate surface area is 162 Å². The van der Waals surface area contributed by atoms with Crippen LogP contribution in [0, 0.1) is 5.92 Å². The van der Waals surface area contributed by atoms with Crippen molar-refractivity contribution in [3.05, 3.63) is 18.3 Å². The Kier molecular flexibility index (Phi) is 10.1. The SMILES string of the molecule is Cl.Cl.O=C(CCC1CCNCC1)N1CCC(Nc2cccnn2)CC1. The van der Waals surface area contributed by atoms with Crippen LogP contribution in [0.3, 0.4) is 0 Å². The summed E-state index contributed by atoms with van der Waals surface area (Å²) in [7, 11) is 0. The lowest BCUT2D eigenvalue weighted by Crippen LogP contribution is -2.42. The summed E-state index contributed by atoms with van der Waals surface area (Å²) in [6.07, 6.45) is 7.85. The van der Waals surface area contributed by atoms with E-state index in [0.717, 1.165) is 57.2 Å². The summed E-state index contributed by atoms with van der Waals surface area (Å²) in [5, 5.41) is 14.7. The van der Waals surface area contributed by atoms with Gasteiger partial charge in [0.1, 0.15) is 5.82 Å². The van der Waals surface area contributed by atoms with Gasteiger partial charge in [0.15, 0.2) is 0 Å². The van der Waals surface area contributed by atoms with Gasteiger partial charge in [0.25, 0.3) is 0 Å². The van der Waals surface area contributed by atoms with E-state index >= 15 is 0 Å². The average molecular weight is 390 g/mol. The zero-order valence-electron chi connectivity index (χ0n) is 14.5. The van der Waals surface area contributed by atoms with Crippen LogP contribution in [0.15, 0.2) is 18.3 Å². The molecule has 3 heterocycles. The fraction of sp³-hybridized carbons (Fsp3) is 0.706. The van der Waals surface area contributed by atoms with Gasteiger partial charge in [-0.2, -0.15) is 5.10 Å². The maximum atomic E-state index is 12.4. The van der Waals surface area contributed by atoms with E-state index in [1.807, 2.05) is 17.0 Å². The molecule has 0 aromatic carbocycles. The molecule has 142 valence electrons. The predicted molar refractivity (Wildman–Crippen MR) is 105 cm³/mol. The molecule has 2 fully saturated rings. The normalized spacial score (nSPS) is 18.8. The zero-order valence-corrected chi connectivity index (χ0v) is 16.2. The molecule has 6 nitrogen and oxygen atoms in total. The first kappa shape index (κ1) is 21.9. The number of rotatable bonds is 5. The van der Waals surface area contributed by atoms with E-state index in [1.54, 1.807) is 6.20 Å². The van der Waals surface area contributed by atoms with E-state index in [2.05, 4.69) is 20.8 Å². The van der Waals surface area contributed by atoms with Gasteiger partial charge < -0.3 is 15.5 Å². The lowest BCUT2D eigenvalue weighted by molar-refractivity contribution is -0.132. The van der Waals surface area contributed by atoms with Crippen LogP contribution in [0.1, 0.15) is 38.5 Å². The van der Waals surface area contributed by atoms with E-state index in [-0.39, 0.29) is 24.8 Å². The highest BCUT2D eigenvalue weighted by Crippen LogP contribution is 2.20. The molecule has 8 heteroatoms. The topological polar surface area (TPSA) is 70.2 Å². The molecule has 2 aliphatic rings. The van der Waals surface area contributed by atoms with Crippen LogP contribution < -0.4 is 10.6 Å². The number of piperidine rings is 2. The maximum absolute atomic E-state index is 12.4.